The number of nitriles is 1. The number of thiophene rings is 1. The molecule has 0 aliphatic carbocycles. The van der Waals surface area contributed by atoms with Crippen molar-refractivity contribution in [3.8, 4) is 6.07 Å². The minimum Gasteiger partial charge on any atom is -0.311 e. The highest BCUT2D eigenvalue weighted by molar-refractivity contribution is 7.17. The average Bonchev–Trinajstić information content (AvgIpc) is 2.78. The Bertz CT molecular complexity index is 551. The molecule has 2 nitrogen and oxygen atoms in total. The Morgan fingerprint density at radius 2 is 2.11 bits per heavy atom. The second-order valence-corrected chi connectivity index (χ2v) is 5.78. The van der Waals surface area contributed by atoms with Gasteiger partial charge in [0.15, 0.2) is 0 Å². The standard InChI is InChI=1S/C15H18N2S/c1-11(2)12(7-16)8-17-9-13-10-18-15-6-4-3-5-14(13)15/h3-6,10-12,17H,8-9H2,1-2H3. The molecule has 2 aromatic rings. The molecule has 0 aliphatic rings. The van der Waals surface area contributed by atoms with Gasteiger partial charge in [0.25, 0.3) is 0 Å². The van der Waals surface area contributed by atoms with E-state index >= 15 is 0 Å². The Hall–Kier alpha value is -1.37. The van der Waals surface area contributed by atoms with E-state index in [9.17, 15) is 0 Å². The lowest BCUT2D eigenvalue weighted by Crippen LogP contribution is -2.24. The monoisotopic (exact) mass is 258 g/mol. The predicted octanol–water partition coefficient (Wildman–Crippen LogP) is 3.79. The molecule has 1 N–H and O–H groups in total. The van der Waals surface area contributed by atoms with Crippen molar-refractivity contribution in [2.24, 2.45) is 11.8 Å². The molecule has 1 unspecified atom stereocenters. The summed E-state index contributed by atoms with van der Waals surface area (Å²) in [6.07, 6.45) is 0. The zero-order valence-corrected chi connectivity index (χ0v) is 11.6. The van der Waals surface area contributed by atoms with Crippen LogP contribution in [-0.4, -0.2) is 6.54 Å². The Balaban J connectivity index is 1.97. The fraction of sp³-hybridized carbons (Fsp3) is 0.400. The summed E-state index contributed by atoms with van der Waals surface area (Å²) in [4.78, 5) is 0. The van der Waals surface area contributed by atoms with Gasteiger partial charge in [-0.25, -0.2) is 0 Å². The van der Waals surface area contributed by atoms with E-state index in [-0.39, 0.29) is 5.92 Å². The molecule has 0 spiro atoms. The van der Waals surface area contributed by atoms with Crippen LogP contribution in [0.2, 0.25) is 0 Å². The van der Waals surface area contributed by atoms with Crippen LogP contribution in [0.3, 0.4) is 0 Å². The molecule has 1 aromatic carbocycles. The molecular weight excluding hydrogens is 240 g/mol. The summed E-state index contributed by atoms with van der Waals surface area (Å²) >= 11 is 1.78. The van der Waals surface area contributed by atoms with Crippen molar-refractivity contribution in [2.45, 2.75) is 20.4 Å². The van der Waals surface area contributed by atoms with Gasteiger partial charge < -0.3 is 5.32 Å². The van der Waals surface area contributed by atoms with Gasteiger partial charge in [-0.3, -0.25) is 0 Å². The van der Waals surface area contributed by atoms with Crippen LogP contribution in [0.4, 0.5) is 0 Å². The topological polar surface area (TPSA) is 35.8 Å². The summed E-state index contributed by atoms with van der Waals surface area (Å²) < 4.78 is 1.33. The van der Waals surface area contributed by atoms with Crippen molar-refractivity contribution >= 4 is 21.4 Å². The van der Waals surface area contributed by atoms with Gasteiger partial charge in [0, 0.05) is 17.8 Å². The Labute approximate surface area is 112 Å². The summed E-state index contributed by atoms with van der Waals surface area (Å²) in [5.41, 5.74) is 1.33. The van der Waals surface area contributed by atoms with E-state index in [1.807, 2.05) is 0 Å². The van der Waals surface area contributed by atoms with Crippen LogP contribution in [0.5, 0.6) is 0 Å². The van der Waals surface area contributed by atoms with E-state index in [4.69, 9.17) is 5.26 Å². The van der Waals surface area contributed by atoms with Crippen LogP contribution in [0.25, 0.3) is 10.1 Å². The van der Waals surface area contributed by atoms with Crippen molar-refractivity contribution in [3.05, 3.63) is 35.2 Å². The molecule has 0 bridgehead atoms. The van der Waals surface area contributed by atoms with Crippen LogP contribution in [0.15, 0.2) is 29.6 Å². The maximum absolute atomic E-state index is 9.04. The molecule has 1 aromatic heterocycles. The molecule has 0 saturated heterocycles. The molecule has 1 atom stereocenters. The Morgan fingerprint density at radius 1 is 1.33 bits per heavy atom. The molecule has 2 rings (SSSR count). The molecule has 0 saturated carbocycles. The second kappa shape index (κ2) is 5.99. The van der Waals surface area contributed by atoms with Crippen LogP contribution in [0.1, 0.15) is 19.4 Å². The lowest BCUT2D eigenvalue weighted by Gasteiger charge is -2.13. The van der Waals surface area contributed by atoms with Crippen molar-refractivity contribution < 1.29 is 0 Å². The number of hydrogen-bond acceptors (Lipinski definition) is 3. The minimum absolute atomic E-state index is 0.0925. The van der Waals surface area contributed by atoms with Gasteiger partial charge in [0.05, 0.1) is 12.0 Å². The smallest absolute Gasteiger partial charge is 0.0671 e. The lowest BCUT2D eigenvalue weighted by molar-refractivity contribution is 0.442. The molecule has 0 aliphatic heterocycles. The van der Waals surface area contributed by atoms with Crippen LogP contribution in [0, 0.1) is 23.2 Å². The first kappa shape index (κ1) is 13.1. The predicted molar refractivity (Wildman–Crippen MR) is 77.5 cm³/mol. The second-order valence-electron chi connectivity index (χ2n) is 4.87. The molecule has 0 radical (unpaired) electrons. The van der Waals surface area contributed by atoms with Gasteiger partial charge in [0.1, 0.15) is 0 Å². The van der Waals surface area contributed by atoms with Gasteiger partial charge in [0.2, 0.25) is 0 Å². The lowest BCUT2D eigenvalue weighted by atomic mass is 9.97. The third-order valence-corrected chi connectivity index (χ3v) is 4.22. The first-order chi connectivity index (χ1) is 8.72. The number of nitrogens with zero attached hydrogens (tertiary/aromatic N) is 1. The Morgan fingerprint density at radius 3 is 2.83 bits per heavy atom. The number of hydrogen-bond donors (Lipinski definition) is 1. The molecule has 0 amide bonds. The number of rotatable bonds is 5. The minimum atomic E-state index is 0.0925. The molecule has 18 heavy (non-hydrogen) atoms. The average molecular weight is 258 g/mol. The molecular formula is C15H18N2S. The summed E-state index contributed by atoms with van der Waals surface area (Å²) in [6.45, 7) is 5.79. The fourth-order valence-electron chi connectivity index (χ4n) is 1.96. The summed E-state index contributed by atoms with van der Waals surface area (Å²) in [7, 11) is 0. The quantitative estimate of drug-likeness (QED) is 0.885. The molecule has 0 fully saturated rings. The molecule has 94 valence electrons. The van der Waals surface area contributed by atoms with E-state index in [1.165, 1.54) is 15.6 Å². The maximum Gasteiger partial charge on any atom is 0.0671 e. The van der Waals surface area contributed by atoms with Gasteiger partial charge in [-0.15, -0.1) is 11.3 Å². The number of benzene rings is 1. The zero-order valence-electron chi connectivity index (χ0n) is 10.8. The van der Waals surface area contributed by atoms with Gasteiger partial charge in [-0.1, -0.05) is 32.0 Å². The first-order valence-corrected chi connectivity index (χ1v) is 7.15. The van der Waals surface area contributed by atoms with Gasteiger partial charge in [-0.05, 0) is 28.3 Å². The highest BCUT2D eigenvalue weighted by atomic mass is 32.1. The van der Waals surface area contributed by atoms with Crippen LogP contribution in [-0.2, 0) is 6.54 Å². The van der Waals surface area contributed by atoms with Gasteiger partial charge in [-0.2, -0.15) is 5.26 Å². The van der Waals surface area contributed by atoms with E-state index in [0.717, 1.165) is 13.1 Å². The van der Waals surface area contributed by atoms with E-state index < -0.39 is 0 Å². The van der Waals surface area contributed by atoms with E-state index in [2.05, 4.69) is 54.9 Å². The third kappa shape index (κ3) is 2.90. The van der Waals surface area contributed by atoms with Gasteiger partial charge >= 0.3 is 0 Å². The third-order valence-electron chi connectivity index (χ3n) is 3.21. The SMILES string of the molecule is CC(C)C(C#N)CNCc1csc2ccccc12. The highest BCUT2D eigenvalue weighted by Crippen LogP contribution is 2.25. The zero-order chi connectivity index (χ0) is 13.0. The largest absolute Gasteiger partial charge is 0.311 e. The van der Waals surface area contributed by atoms with Crippen molar-refractivity contribution in [1.29, 1.82) is 5.26 Å². The molecule has 1 heterocycles. The molecule has 3 heteroatoms. The number of fused-ring (bicyclic) bond motifs is 1. The fourth-order valence-corrected chi connectivity index (χ4v) is 2.93. The maximum atomic E-state index is 9.04. The van der Waals surface area contributed by atoms with Crippen LogP contribution < -0.4 is 5.32 Å². The van der Waals surface area contributed by atoms with Crippen molar-refractivity contribution in [2.75, 3.05) is 6.54 Å². The van der Waals surface area contributed by atoms with E-state index in [0.29, 0.717) is 5.92 Å². The Kier molecular flexibility index (Phi) is 4.35. The highest BCUT2D eigenvalue weighted by Gasteiger charge is 2.11. The first-order valence-electron chi connectivity index (χ1n) is 6.28. The van der Waals surface area contributed by atoms with E-state index in [1.54, 1.807) is 11.3 Å². The van der Waals surface area contributed by atoms with Crippen molar-refractivity contribution in [3.63, 3.8) is 0 Å². The van der Waals surface area contributed by atoms with Crippen LogP contribution >= 0.6 is 11.3 Å². The number of nitrogens with one attached hydrogen (secondary N) is 1. The van der Waals surface area contributed by atoms with Crippen molar-refractivity contribution in [1.82, 2.24) is 5.32 Å². The summed E-state index contributed by atoms with van der Waals surface area (Å²) in [6, 6.07) is 10.8. The normalized spacial score (nSPS) is 12.8. The summed E-state index contributed by atoms with van der Waals surface area (Å²) in [5, 5.41) is 16.0. The summed E-state index contributed by atoms with van der Waals surface area (Å²) in [5.74, 6) is 0.497.